The maximum absolute atomic E-state index is 12.5. The number of hydrogen-bond donors (Lipinski definition) is 1. The first kappa shape index (κ1) is 16.4. The van der Waals surface area contributed by atoms with E-state index in [-0.39, 0.29) is 30.9 Å². The van der Waals surface area contributed by atoms with Gasteiger partial charge in [0.15, 0.2) is 11.5 Å². The van der Waals surface area contributed by atoms with Crippen molar-refractivity contribution in [3.05, 3.63) is 53.6 Å². The van der Waals surface area contributed by atoms with Gasteiger partial charge in [-0.15, -0.1) is 0 Å². The van der Waals surface area contributed by atoms with E-state index in [1.165, 1.54) is 0 Å². The minimum absolute atomic E-state index is 0.0560. The molecular weight excluding hydrogens is 332 g/mol. The fraction of sp³-hybridized carbons (Fsp3) is 0.300. The fourth-order valence-electron chi connectivity index (χ4n) is 3.34. The van der Waals surface area contributed by atoms with Crippen LogP contribution in [0.4, 0.5) is 5.69 Å². The van der Waals surface area contributed by atoms with Gasteiger partial charge >= 0.3 is 0 Å². The standard InChI is InChI=1S/C20H20N2O4/c1-13-3-2-4-14(7-13)10-21-20(24)15-8-19(23)22(11-15)16-5-6-17-18(9-16)26-12-25-17/h2-7,9,15H,8,10-12H2,1H3,(H,21,24). The van der Waals surface area contributed by atoms with Crippen molar-refractivity contribution in [2.24, 2.45) is 5.92 Å². The Morgan fingerprint density at radius 2 is 2.04 bits per heavy atom. The lowest BCUT2D eigenvalue weighted by Crippen LogP contribution is -2.32. The second-order valence-electron chi connectivity index (χ2n) is 6.65. The smallest absolute Gasteiger partial charge is 0.231 e. The van der Waals surface area contributed by atoms with Crippen molar-refractivity contribution in [1.29, 1.82) is 0 Å². The summed E-state index contributed by atoms with van der Waals surface area (Å²) in [5.41, 5.74) is 2.94. The Labute approximate surface area is 151 Å². The fourth-order valence-corrected chi connectivity index (χ4v) is 3.34. The van der Waals surface area contributed by atoms with Gasteiger partial charge in [-0.25, -0.2) is 0 Å². The van der Waals surface area contributed by atoms with E-state index in [0.29, 0.717) is 24.6 Å². The van der Waals surface area contributed by atoms with Gasteiger partial charge in [-0.2, -0.15) is 0 Å². The number of carbonyl (C=O) groups is 2. The van der Waals surface area contributed by atoms with Crippen LogP contribution >= 0.6 is 0 Å². The monoisotopic (exact) mass is 352 g/mol. The maximum atomic E-state index is 12.5. The number of amides is 2. The lowest BCUT2D eigenvalue weighted by Gasteiger charge is -2.17. The molecule has 0 aliphatic carbocycles. The highest BCUT2D eigenvalue weighted by Gasteiger charge is 2.35. The Morgan fingerprint density at radius 1 is 1.19 bits per heavy atom. The summed E-state index contributed by atoms with van der Waals surface area (Å²) in [6.45, 7) is 3.05. The van der Waals surface area contributed by atoms with Crippen LogP contribution in [0.15, 0.2) is 42.5 Å². The Hall–Kier alpha value is -3.02. The number of benzene rings is 2. The Kier molecular flexibility index (Phi) is 4.24. The van der Waals surface area contributed by atoms with Gasteiger partial charge < -0.3 is 19.7 Å². The minimum Gasteiger partial charge on any atom is -0.454 e. The molecule has 2 heterocycles. The van der Waals surface area contributed by atoms with Gasteiger partial charge in [0.2, 0.25) is 18.6 Å². The first-order valence-corrected chi connectivity index (χ1v) is 8.63. The van der Waals surface area contributed by atoms with Gasteiger partial charge in [-0.1, -0.05) is 29.8 Å². The average Bonchev–Trinajstić information content (AvgIpc) is 3.25. The van der Waals surface area contributed by atoms with E-state index in [9.17, 15) is 9.59 Å². The van der Waals surface area contributed by atoms with Gasteiger partial charge in [0.25, 0.3) is 0 Å². The molecule has 0 aromatic heterocycles. The molecule has 0 bridgehead atoms. The molecule has 4 rings (SSSR count). The van der Waals surface area contributed by atoms with E-state index < -0.39 is 0 Å². The van der Waals surface area contributed by atoms with Crippen molar-refractivity contribution in [2.45, 2.75) is 19.9 Å². The zero-order chi connectivity index (χ0) is 18.1. The largest absolute Gasteiger partial charge is 0.454 e. The van der Waals surface area contributed by atoms with Gasteiger partial charge in [0.1, 0.15) is 0 Å². The molecule has 2 aliphatic rings. The second-order valence-corrected chi connectivity index (χ2v) is 6.65. The highest BCUT2D eigenvalue weighted by Crippen LogP contribution is 2.37. The zero-order valence-corrected chi connectivity index (χ0v) is 14.5. The molecule has 6 nitrogen and oxygen atoms in total. The number of nitrogens with zero attached hydrogens (tertiary/aromatic N) is 1. The van der Waals surface area contributed by atoms with Crippen LogP contribution in [0.25, 0.3) is 0 Å². The number of ether oxygens (including phenoxy) is 2. The van der Waals surface area contributed by atoms with Crippen LogP contribution in [0.3, 0.4) is 0 Å². The summed E-state index contributed by atoms with van der Waals surface area (Å²) >= 11 is 0. The molecule has 0 spiro atoms. The lowest BCUT2D eigenvalue weighted by molar-refractivity contribution is -0.126. The van der Waals surface area contributed by atoms with Crippen LogP contribution < -0.4 is 19.7 Å². The highest BCUT2D eigenvalue weighted by molar-refractivity contribution is 6.00. The number of anilines is 1. The summed E-state index contributed by atoms with van der Waals surface area (Å²) in [6, 6.07) is 13.4. The third-order valence-electron chi connectivity index (χ3n) is 4.71. The first-order chi connectivity index (χ1) is 12.6. The van der Waals surface area contributed by atoms with Crippen LogP contribution in [0.1, 0.15) is 17.5 Å². The Balaban J connectivity index is 1.40. The van der Waals surface area contributed by atoms with Crippen molar-refractivity contribution >= 4 is 17.5 Å². The summed E-state index contributed by atoms with van der Waals surface area (Å²) < 4.78 is 10.7. The number of carbonyl (C=O) groups excluding carboxylic acids is 2. The van der Waals surface area contributed by atoms with Crippen molar-refractivity contribution in [2.75, 3.05) is 18.2 Å². The normalized spacial score (nSPS) is 18.3. The van der Waals surface area contributed by atoms with Crippen LogP contribution in [0.5, 0.6) is 11.5 Å². The Morgan fingerprint density at radius 3 is 2.88 bits per heavy atom. The Bertz CT molecular complexity index is 865. The molecule has 1 saturated heterocycles. The second kappa shape index (κ2) is 6.71. The molecule has 0 saturated carbocycles. The van der Waals surface area contributed by atoms with Crippen molar-refractivity contribution in [3.8, 4) is 11.5 Å². The summed E-state index contributed by atoms with van der Waals surface area (Å²) in [7, 11) is 0. The van der Waals surface area contributed by atoms with Crippen LogP contribution in [0, 0.1) is 12.8 Å². The zero-order valence-electron chi connectivity index (χ0n) is 14.5. The lowest BCUT2D eigenvalue weighted by atomic mass is 10.1. The molecule has 1 unspecified atom stereocenters. The van der Waals surface area contributed by atoms with Crippen LogP contribution in [-0.4, -0.2) is 25.2 Å². The number of fused-ring (bicyclic) bond motifs is 1. The molecule has 1 fully saturated rings. The van der Waals surface area contributed by atoms with E-state index >= 15 is 0 Å². The molecule has 0 radical (unpaired) electrons. The molecule has 1 atom stereocenters. The number of nitrogens with one attached hydrogen (secondary N) is 1. The van der Waals surface area contributed by atoms with E-state index in [2.05, 4.69) is 5.32 Å². The molecule has 2 aromatic rings. The predicted molar refractivity (Wildman–Crippen MR) is 96.1 cm³/mol. The molecule has 6 heteroatoms. The number of hydrogen-bond acceptors (Lipinski definition) is 4. The molecule has 26 heavy (non-hydrogen) atoms. The van der Waals surface area contributed by atoms with Gasteiger partial charge in [-0.05, 0) is 24.6 Å². The molecule has 2 aromatic carbocycles. The summed E-state index contributed by atoms with van der Waals surface area (Å²) in [5.74, 6) is 0.802. The summed E-state index contributed by atoms with van der Waals surface area (Å²) in [4.78, 5) is 26.5. The molecule has 2 amide bonds. The third kappa shape index (κ3) is 3.22. The first-order valence-electron chi connectivity index (χ1n) is 8.63. The highest BCUT2D eigenvalue weighted by atomic mass is 16.7. The van der Waals surface area contributed by atoms with Crippen molar-refractivity contribution < 1.29 is 19.1 Å². The van der Waals surface area contributed by atoms with Gasteiger partial charge in [-0.3, -0.25) is 9.59 Å². The van der Waals surface area contributed by atoms with E-state index in [0.717, 1.165) is 16.8 Å². The van der Waals surface area contributed by atoms with E-state index in [4.69, 9.17) is 9.47 Å². The van der Waals surface area contributed by atoms with Crippen molar-refractivity contribution in [1.82, 2.24) is 5.32 Å². The molecule has 1 N–H and O–H groups in total. The third-order valence-corrected chi connectivity index (χ3v) is 4.71. The quantitative estimate of drug-likeness (QED) is 0.917. The molecule has 2 aliphatic heterocycles. The number of rotatable bonds is 4. The van der Waals surface area contributed by atoms with E-state index in [1.807, 2.05) is 37.3 Å². The van der Waals surface area contributed by atoms with Crippen molar-refractivity contribution in [3.63, 3.8) is 0 Å². The summed E-state index contributed by atoms with van der Waals surface area (Å²) in [5, 5.41) is 2.94. The molecular formula is C20H20N2O4. The SMILES string of the molecule is Cc1cccc(CNC(=O)C2CC(=O)N(c3ccc4c(c3)OCO4)C2)c1. The number of aryl methyl sites for hydroxylation is 1. The molecule has 134 valence electrons. The topological polar surface area (TPSA) is 67.9 Å². The van der Waals surface area contributed by atoms with Gasteiger partial charge in [0.05, 0.1) is 5.92 Å². The average molecular weight is 352 g/mol. The minimum atomic E-state index is -0.349. The predicted octanol–water partition coefficient (Wildman–Crippen LogP) is 2.39. The van der Waals surface area contributed by atoms with E-state index in [1.54, 1.807) is 17.0 Å². The summed E-state index contributed by atoms with van der Waals surface area (Å²) in [6.07, 6.45) is 0.216. The maximum Gasteiger partial charge on any atom is 0.231 e. The van der Waals surface area contributed by atoms with Crippen LogP contribution in [-0.2, 0) is 16.1 Å². The van der Waals surface area contributed by atoms with Crippen LogP contribution in [0.2, 0.25) is 0 Å². The van der Waals surface area contributed by atoms with Gasteiger partial charge in [0, 0.05) is 31.3 Å².